The highest BCUT2D eigenvalue weighted by Crippen LogP contribution is 2.64. The van der Waals surface area contributed by atoms with Crippen LogP contribution in [0.1, 0.15) is 35.4 Å². The maximum Gasteiger partial charge on any atom is 0.190 e. The van der Waals surface area contributed by atoms with Gasteiger partial charge in [-0.3, -0.25) is 4.79 Å². The zero-order valence-electron chi connectivity index (χ0n) is 15.4. The monoisotopic (exact) mass is 372 g/mol. The van der Waals surface area contributed by atoms with Crippen LogP contribution in [0.2, 0.25) is 0 Å². The van der Waals surface area contributed by atoms with Gasteiger partial charge < -0.3 is 4.57 Å². The highest BCUT2D eigenvalue weighted by Gasteiger charge is 2.47. The molecular weight excluding hydrogens is 351 g/mol. The van der Waals surface area contributed by atoms with Crippen molar-refractivity contribution < 1.29 is 9.36 Å². The lowest BCUT2D eigenvalue weighted by molar-refractivity contribution is 0.103. The molecule has 1 aliphatic rings. The van der Waals surface area contributed by atoms with Crippen LogP contribution in [0.4, 0.5) is 0 Å². The minimum Gasteiger partial charge on any atom is -0.313 e. The van der Waals surface area contributed by atoms with Crippen molar-refractivity contribution in [2.45, 2.75) is 19.5 Å². The van der Waals surface area contributed by atoms with E-state index in [0.29, 0.717) is 11.1 Å². The molecule has 4 rings (SSSR count). The number of Topliss-reactive ketones (excluding diaryl/α,β-unsaturated/α-hetero) is 1. The van der Waals surface area contributed by atoms with Gasteiger partial charge in [-0.2, -0.15) is 0 Å². The second-order valence-electron chi connectivity index (χ2n) is 7.06. The van der Waals surface area contributed by atoms with Gasteiger partial charge in [0.15, 0.2) is 12.9 Å². The summed E-state index contributed by atoms with van der Waals surface area (Å²) in [7, 11) is -3.13. The largest absolute Gasteiger partial charge is 0.313 e. The van der Waals surface area contributed by atoms with Crippen molar-refractivity contribution in [3.05, 3.63) is 107 Å². The van der Waals surface area contributed by atoms with Gasteiger partial charge in [0.2, 0.25) is 0 Å². The summed E-state index contributed by atoms with van der Waals surface area (Å²) in [6, 6.07) is 26.8. The third-order valence-corrected chi connectivity index (χ3v) is 8.59. The molecule has 0 fully saturated rings. The molecule has 0 N–H and O–H groups in total. The number of benzene rings is 3. The summed E-state index contributed by atoms with van der Waals surface area (Å²) in [5.74, 6) is 0.00249. The Bertz CT molecular complexity index is 1030. The van der Waals surface area contributed by atoms with Crippen LogP contribution in [0, 0.1) is 0 Å². The van der Waals surface area contributed by atoms with Crippen molar-refractivity contribution in [1.82, 2.24) is 0 Å². The molecule has 0 radical (unpaired) electrons. The average Bonchev–Trinajstić information content (AvgIpc) is 3.02. The van der Waals surface area contributed by atoms with Crippen LogP contribution in [-0.4, -0.2) is 5.78 Å². The van der Waals surface area contributed by atoms with Gasteiger partial charge in [-0.25, -0.2) is 0 Å². The smallest absolute Gasteiger partial charge is 0.190 e. The van der Waals surface area contributed by atoms with Crippen LogP contribution in [0.25, 0.3) is 0 Å². The first-order chi connectivity index (χ1) is 13.0. The summed E-state index contributed by atoms with van der Waals surface area (Å²) in [4.78, 5) is 13.2. The Labute approximate surface area is 159 Å². The number of hydrogen-bond acceptors (Lipinski definition) is 2. The van der Waals surface area contributed by atoms with E-state index in [0.717, 1.165) is 21.7 Å². The van der Waals surface area contributed by atoms with Gasteiger partial charge in [0, 0.05) is 21.7 Å². The molecule has 0 aliphatic heterocycles. The van der Waals surface area contributed by atoms with E-state index in [1.54, 1.807) is 0 Å². The molecule has 3 heteroatoms. The average molecular weight is 372 g/mol. The zero-order chi connectivity index (χ0) is 19.0. The molecule has 0 heterocycles. The number of fused-ring (bicyclic) bond motifs is 1. The maximum absolute atomic E-state index is 14.9. The third-order valence-electron chi connectivity index (χ3n) is 5.20. The topological polar surface area (TPSA) is 34.1 Å². The third kappa shape index (κ3) is 2.72. The fourth-order valence-electron chi connectivity index (χ4n) is 3.99. The highest BCUT2D eigenvalue weighted by molar-refractivity contribution is 7.79. The fourth-order valence-corrected chi connectivity index (χ4v) is 7.47. The molecular formula is C24H21O2P. The van der Waals surface area contributed by atoms with Crippen LogP contribution >= 0.6 is 7.14 Å². The summed E-state index contributed by atoms with van der Waals surface area (Å²) in [6.45, 7) is 3.87. The molecule has 0 amide bonds. The van der Waals surface area contributed by atoms with Crippen molar-refractivity contribution in [3.8, 4) is 0 Å². The molecule has 0 aromatic heterocycles. The van der Waals surface area contributed by atoms with Gasteiger partial charge in [-0.1, -0.05) is 90.5 Å². The predicted octanol–water partition coefficient (Wildman–Crippen LogP) is 5.27. The van der Waals surface area contributed by atoms with Crippen LogP contribution in [0.3, 0.4) is 0 Å². The van der Waals surface area contributed by atoms with Crippen LogP contribution in [0.15, 0.2) is 96.1 Å². The van der Waals surface area contributed by atoms with Gasteiger partial charge in [0.25, 0.3) is 0 Å². The Balaban J connectivity index is 2.08. The van der Waals surface area contributed by atoms with Crippen LogP contribution in [0.5, 0.6) is 0 Å². The lowest BCUT2D eigenvalue weighted by atomic mass is 10.1. The van der Waals surface area contributed by atoms with Crippen molar-refractivity contribution in [2.75, 3.05) is 0 Å². The summed E-state index contributed by atoms with van der Waals surface area (Å²) >= 11 is 0. The molecule has 27 heavy (non-hydrogen) atoms. The second kappa shape index (κ2) is 6.79. The Morgan fingerprint density at radius 3 is 1.74 bits per heavy atom. The molecule has 0 saturated heterocycles. The van der Waals surface area contributed by atoms with Gasteiger partial charge in [-0.05, 0) is 19.4 Å². The van der Waals surface area contributed by atoms with Gasteiger partial charge in [-0.15, -0.1) is 0 Å². The van der Waals surface area contributed by atoms with E-state index in [-0.39, 0.29) is 5.78 Å². The Morgan fingerprint density at radius 2 is 1.22 bits per heavy atom. The number of hydrogen-bond donors (Lipinski definition) is 0. The van der Waals surface area contributed by atoms with Gasteiger partial charge >= 0.3 is 0 Å². The second-order valence-corrected chi connectivity index (χ2v) is 9.93. The molecule has 0 unspecified atom stereocenters. The van der Waals surface area contributed by atoms with E-state index in [2.05, 4.69) is 0 Å². The molecule has 134 valence electrons. The minimum absolute atomic E-state index is 0.00249. The van der Waals surface area contributed by atoms with Gasteiger partial charge in [0.1, 0.15) is 0 Å². The highest BCUT2D eigenvalue weighted by atomic mass is 31.2. The fraction of sp³-hybridized carbons (Fsp3) is 0.125. The van der Waals surface area contributed by atoms with Crippen molar-refractivity contribution in [1.29, 1.82) is 0 Å². The van der Waals surface area contributed by atoms with E-state index in [1.807, 2.05) is 98.8 Å². The van der Waals surface area contributed by atoms with Crippen molar-refractivity contribution in [3.63, 3.8) is 0 Å². The Morgan fingerprint density at radius 1 is 0.741 bits per heavy atom. The number of carbonyl (C=O) groups excluding carboxylic acids is 1. The summed E-state index contributed by atoms with van der Waals surface area (Å²) in [5, 5.41) is 1.56. The summed E-state index contributed by atoms with van der Waals surface area (Å²) in [6.07, 6.45) is 0. The van der Waals surface area contributed by atoms with Crippen LogP contribution in [-0.2, 0) is 4.57 Å². The molecule has 1 aliphatic carbocycles. The standard InChI is InChI=1S/C24H21O2P/c1-17(2)22-23(25)20-15-9-10-16-21(20)24(22)27(26,18-11-5-3-6-12-18)19-13-7-4-8-14-19/h3-16,24H,1-2H3/t24-/m0/s1. The quantitative estimate of drug-likeness (QED) is 0.463. The SMILES string of the molecule is CC(C)=C1C(=O)c2ccccc2[C@@H]1P(=O)(c1ccccc1)c1ccccc1. The number of ketones is 1. The lowest BCUT2D eigenvalue weighted by Crippen LogP contribution is -2.22. The Hall–Kier alpha value is -2.70. The number of carbonyl (C=O) groups is 1. The van der Waals surface area contributed by atoms with Crippen LogP contribution < -0.4 is 10.6 Å². The van der Waals surface area contributed by atoms with Crippen molar-refractivity contribution >= 4 is 23.5 Å². The first kappa shape index (κ1) is 17.7. The number of allylic oxidation sites excluding steroid dienone is 2. The minimum atomic E-state index is -3.13. The zero-order valence-corrected chi connectivity index (χ0v) is 16.3. The lowest BCUT2D eigenvalue weighted by Gasteiger charge is -2.28. The normalized spacial score (nSPS) is 16.3. The van der Waals surface area contributed by atoms with E-state index in [4.69, 9.17) is 0 Å². The van der Waals surface area contributed by atoms with E-state index < -0.39 is 12.8 Å². The molecule has 0 spiro atoms. The number of rotatable bonds is 3. The van der Waals surface area contributed by atoms with E-state index >= 15 is 0 Å². The first-order valence-electron chi connectivity index (χ1n) is 9.07. The molecule has 1 atom stereocenters. The van der Waals surface area contributed by atoms with E-state index in [9.17, 15) is 9.36 Å². The molecule has 3 aromatic rings. The molecule has 0 saturated carbocycles. The first-order valence-corrected chi connectivity index (χ1v) is 10.8. The molecule has 0 bridgehead atoms. The maximum atomic E-state index is 14.9. The predicted molar refractivity (Wildman–Crippen MR) is 112 cm³/mol. The van der Waals surface area contributed by atoms with Crippen molar-refractivity contribution in [2.24, 2.45) is 0 Å². The summed E-state index contributed by atoms with van der Waals surface area (Å²) < 4.78 is 14.9. The molecule has 3 aromatic carbocycles. The van der Waals surface area contributed by atoms with Gasteiger partial charge in [0.05, 0.1) is 5.66 Å². The summed E-state index contributed by atoms with van der Waals surface area (Å²) in [5.41, 5.74) is 2.69. The Kier molecular flexibility index (Phi) is 4.45. The van der Waals surface area contributed by atoms with E-state index in [1.165, 1.54) is 0 Å². The molecule has 2 nitrogen and oxygen atoms in total.